The van der Waals surface area contributed by atoms with Crippen molar-refractivity contribution in [2.24, 2.45) is 0 Å². The van der Waals surface area contributed by atoms with Gasteiger partial charge < -0.3 is 15.0 Å². The average molecular weight is 614 g/mol. The van der Waals surface area contributed by atoms with Crippen molar-refractivity contribution in [2.75, 3.05) is 18.0 Å². The van der Waals surface area contributed by atoms with Gasteiger partial charge in [0.05, 0.1) is 17.7 Å². The van der Waals surface area contributed by atoms with Crippen LogP contribution in [0.2, 0.25) is 0 Å². The largest absolute Gasteiger partial charge is 0.497 e. The zero-order valence-electron chi connectivity index (χ0n) is 25.5. The van der Waals surface area contributed by atoms with E-state index in [4.69, 9.17) is 4.74 Å². The third-order valence-electron chi connectivity index (χ3n) is 7.26. The molecule has 0 saturated heterocycles. The van der Waals surface area contributed by atoms with E-state index >= 15 is 0 Å². The van der Waals surface area contributed by atoms with Crippen molar-refractivity contribution in [3.63, 3.8) is 0 Å². The van der Waals surface area contributed by atoms with Crippen LogP contribution in [0.25, 0.3) is 0 Å². The van der Waals surface area contributed by atoms with Crippen LogP contribution in [0.3, 0.4) is 0 Å². The summed E-state index contributed by atoms with van der Waals surface area (Å²) in [6, 6.07) is 30.6. The van der Waals surface area contributed by atoms with Gasteiger partial charge in [-0.1, -0.05) is 78.9 Å². The molecule has 0 spiro atoms. The Kier molecular flexibility index (Phi) is 10.8. The van der Waals surface area contributed by atoms with Crippen LogP contribution in [0.1, 0.15) is 30.5 Å². The highest BCUT2D eigenvalue weighted by atomic mass is 32.2. The SMILES string of the molecule is COc1cccc(N(CC(=O)N(Cc2ccccc2C)[C@@H](Cc2ccccc2)C(=O)NC(C)C)S(=O)(=O)c2ccccc2)c1. The number of methoxy groups -OCH3 is 1. The topological polar surface area (TPSA) is 96.0 Å². The zero-order valence-corrected chi connectivity index (χ0v) is 26.3. The molecule has 8 nitrogen and oxygen atoms in total. The van der Waals surface area contributed by atoms with E-state index in [0.29, 0.717) is 5.75 Å². The smallest absolute Gasteiger partial charge is 0.264 e. The Bertz CT molecular complexity index is 1660. The number of hydrogen-bond donors (Lipinski definition) is 1. The molecule has 230 valence electrons. The van der Waals surface area contributed by atoms with Crippen molar-refractivity contribution in [2.45, 2.75) is 50.7 Å². The fourth-order valence-corrected chi connectivity index (χ4v) is 6.35. The number of rotatable bonds is 13. The van der Waals surface area contributed by atoms with Crippen LogP contribution in [0.4, 0.5) is 5.69 Å². The van der Waals surface area contributed by atoms with Crippen LogP contribution in [0.15, 0.2) is 114 Å². The number of aryl methyl sites for hydroxylation is 1. The van der Waals surface area contributed by atoms with E-state index in [-0.39, 0.29) is 35.5 Å². The molecule has 0 heterocycles. The molecule has 0 aliphatic carbocycles. The number of amides is 2. The number of hydrogen-bond acceptors (Lipinski definition) is 5. The van der Waals surface area contributed by atoms with Gasteiger partial charge in [0.25, 0.3) is 10.0 Å². The fraction of sp³-hybridized carbons (Fsp3) is 0.257. The molecule has 0 unspecified atom stereocenters. The zero-order chi connectivity index (χ0) is 31.7. The summed E-state index contributed by atoms with van der Waals surface area (Å²) in [6.07, 6.45) is 0.252. The standard InChI is InChI=1S/C35H39N3O5S/c1-26(2)36-35(40)33(22-28-15-7-5-8-16-28)37(24-29-17-12-11-14-27(29)3)34(39)25-38(30-18-13-19-31(23-30)43-4)44(41,42)32-20-9-6-10-21-32/h5-21,23,26,33H,22,24-25H2,1-4H3,(H,36,40)/t33-/m0/s1. The summed E-state index contributed by atoms with van der Waals surface area (Å²) in [6.45, 7) is 5.26. The van der Waals surface area contributed by atoms with E-state index in [0.717, 1.165) is 21.0 Å². The van der Waals surface area contributed by atoms with Gasteiger partial charge in [0, 0.05) is 25.1 Å². The van der Waals surface area contributed by atoms with Gasteiger partial charge in [-0.15, -0.1) is 0 Å². The van der Waals surface area contributed by atoms with Gasteiger partial charge in [-0.05, 0) is 61.7 Å². The van der Waals surface area contributed by atoms with Gasteiger partial charge in [0.2, 0.25) is 11.8 Å². The Morgan fingerprint density at radius 2 is 1.48 bits per heavy atom. The highest BCUT2D eigenvalue weighted by Crippen LogP contribution is 2.28. The van der Waals surface area contributed by atoms with Crippen LogP contribution in [0.5, 0.6) is 5.75 Å². The summed E-state index contributed by atoms with van der Waals surface area (Å²) in [5, 5.41) is 2.97. The Labute approximate surface area is 260 Å². The number of benzene rings is 4. The molecule has 0 radical (unpaired) electrons. The van der Waals surface area contributed by atoms with Crippen molar-refractivity contribution in [1.29, 1.82) is 0 Å². The number of anilines is 1. The lowest BCUT2D eigenvalue weighted by Gasteiger charge is -2.34. The summed E-state index contributed by atoms with van der Waals surface area (Å²) >= 11 is 0. The molecular weight excluding hydrogens is 574 g/mol. The predicted octanol–water partition coefficient (Wildman–Crippen LogP) is 5.36. The molecule has 4 aromatic carbocycles. The third-order valence-corrected chi connectivity index (χ3v) is 9.04. The molecule has 0 saturated carbocycles. The number of carbonyl (C=O) groups excluding carboxylic acids is 2. The highest BCUT2D eigenvalue weighted by Gasteiger charge is 2.35. The first kappa shape index (κ1) is 32.3. The Balaban J connectivity index is 1.82. The van der Waals surface area contributed by atoms with Crippen molar-refractivity contribution in [3.8, 4) is 5.75 Å². The third kappa shape index (κ3) is 8.05. The molecular formula is C35H39N3O5S. The summed E-state index contributed by atoms with van der Waals surface area (Å²) in [7, 11) is -2.69. The monoisotopic (exact) mass is 613 g/mol. The van der Waals surface area contributed by atoms with Gasteiger partial charge >= 0.3 is 0 Å². The molecule has 0 fully saturated rings. The molecule has 1 N–H and O–H groups in total. The van der Waals surface area contributed by atoms with E-state index in [9.17, 15) is 18.0 Å². The molecule has 44 heavy (non-hydrogen) atoms. The van der Waals surface area contributed by atoms with Crippen LogP contribution in [-0.4, -0.2) is 50.9 Å². The van der Waals surface area contributed by atoms with E-state index in [1.807, 2.05) is 75.4 Å². The van der Waals surface area contributed by atoms with E-state index in [1.165, 1.54) is 24.1 Å². The number of sulfonamides is 1. The molecule has 0 aromatic heterocycles. The van der Waals surface area contributed by atoms with E-state index < -0.39 is 28.5 Å². The average Bonchev–Trinajstić information content (AvgIpc) is 3.02. The summed E-state index contributed by atoms with van der Waals surface area (Å²) in [5.41, 5.74) is 2.95. The first-order valence-corrected chi connectivity index (χ1v) is 15.9. The fourth-order valence-electron chi connectivity index (χ4n) is 4.92. The number of ether oxygens (including phenoxy) is 1. The molecule has 0 bridgehead atoms. The van der Waals surface area contributed by atoms with Crippen LogP contribution < -0.4 is 14.4 Å². The van der Waals surface area contributed by atoms with Gasteiger partial charge in [-0.3, -0.25) is 13.9 Å². The first-order valence-electron chi connectivity index (χ1n) is 14.5. The number of nitrogens with one attached hydrogen (secondary N) is 1. The lowest BCUT2D eigenvalue weighted by molar-refractivity contribution is -0.140. The van der Waals surface area contributed by atoms with Crippen molar-refractivity contribution in [3.05, 3.63) is 126 Å². The quantitative estimate of drug-likeness (QED) is 0.219. The molecule has 2 amide bonds. The molecule has 4 aromatic rings. The second kappa shape index (κ2) is 14.7. The van der Waals surface area contributed by atoms with Crippen molar-refractivity contribution < 1.29 is 22.7 Å². The minimum Gasteiger partial charge on any atom is -0.497 e. The second-order valence-electron chi connectivity index (χ2n) is 10.8. The summed E-state index contributed by atoms with van der Waals surface area (Å²) in [4.78, 5) is 29.8. The Hall–Kier alpha value is -4.63. The first-order chi connectivity index (χ1) is 21.1. The molecule has 9 heteroatoms. The summed E-state index contributed by atoms with van der Waals surface area (Å²) in [5.74, 6) is -0.390. The number of nitrogens with zero attached hydrogens (tertiary/aromatic N) is 2. The van der Waals surface area contributed by atoms with Gasteiger partial charge in [-0.2, -0.15) is 0 Å². The minimum atomic E-state index is -4.18. The summed E-state index contributed by atoms with van der Waals surface area (Å²) < 4.78 is 34.6. The number of carbonyl (C=O) groups is 2. The van der Waals surface area contributed by atoms with Gasteiger partial charge in [0.15, 0.2) is 0 Å². The minimum absolute atomic E-state index is 0.0412. The van der Waals surface area contributed by atoms with Gasteiger partial charge in [-0.25, -0.2) is 8.42 Å². The maximum atomic E-state index is 14.5. The van der Waals surface area contributed by atoms with E-state index in [2.05, 4.69) is 5.32 Å². The Morgan fingerprint density at radius 1 is 0.841 bits per heavy atom. The second-order valence-corrected chi connectivity index (χ2v) is 12.7. The van der Waals surface area contributed by atoms with Crippen LogP contribution >= 0.6 is 0 Å². The van der Waals surface area contributed by atoms with Crippen molar-refractivity contribution in [1.82, 2.24) is 10.2 Å². The predicted molar refractivity (Wildman–Crippen MR) is 173 cm³/mol. The Morgan fingerprint density at radius 3 is 2.11 bits per heavy atom. The highest BCUT2D eigenvalue weighted by molar-refractivity contribution is 7.92. The van der Waals surface area contributed by atoms with Crippen LogP contribution in [-0.2, 0) is 32.6 Å². The molecule has 0 aliphatic heterocycles. The van der Waals surface area contributed by atoms with E-state index in [1.54, 1.807) is 42.5 Å². The normalized spacial score (nSPS) is 11.9. The maximum Gasteiger partial charge on any atom is 0.264 e. The maximum absolute atomic E-state index is 14.5. The van der Waals surface area contributed by atoms with Crippen molar-refractivity contribution >= 4 is 27.5 Å². The molecule has 4 rings (SSSR count). The van der Waals surface area contributed by atoms with Crippen LogP contribution in [0, 0.1) is 6.92 Å². The van der Waals surface area contributed by atoms with Gasteiger partial charge in [0.1, 0.15) is 18.3 Å². The lowest BCUT2D eigenvalue weighted by Crippen LogP contribution is -2.54. The lowest BCUT2D eigenvalue weighted by atomic mass is 10.0. The molecule has 0 aliphatic rings. The molecule has 1 atom stereocenters.